The zero-order valence-electron chi connectivity index (χ0n) is 23.6. The molecular formula is C29H39N5O5S. The number of urea groups is 1. The van der Waals surface area contributed by atoms with Gasteiger partial charge in [-0.15, -0.1) is 0 Å². The highest BCUT2D eigenvalue weighted by molar-refractivity contribution is 7.92. The Bertz CT molecular complexity index is 1350. The molecule has 3 aromatic rings. The van der Waals surface area contributed by atoms with Crippen molar-refractivity contribution in [2.24, 2.45) is 0 Å². The Morgan fingerprint density at radius 3 is 2.25 bits per heavy atom. The third-order valence-corrected chi connectivity index (χ3v) is 7.49. The zero-order valence-corrected chi connectivity index (χ0v) is 24.5. The van der Waals surface area contributed by atoms with Gasteiger partial charge in [0, 0.05) is 37.9 Å². The number of hydrogen-bond donors (Lipinski definition) is 2. The minimum absolute atomic E-state index is 0.0850. The van der Waals surface area contributed by atoms with Crippen molar-refractivity contribution in [1.82, 2.24) is 15.4 Å². The highest BCUT2D eigenvalue weighted by Gasteiger charge is 2.26. The van der Waals surface area contributed by atoms with Crippen LogP contribution in [0.25, 0.3) is 0 Å². The van der Waals surface area contributed by atoms with Gasteiger partial charge in [0.15, 0.2) is 5.76 Å². The van der Waals surface area contributed by atoms with Crippen LogP contribution >= 0.6 is 0 Å². The summed E-state index contributed by atoms with van der Waals surface area (Å²) in [5.74, 6) is 1.99. The van der Waals surface area contributed by atoms with Gasteiger partial charge >= 0.3 is 6.03 Å². The van der Waals surface area contributed by atoms with Crippen LogP contribution in [0.3, 0.4) is 0 Å². The van der Waals surface area contributed by atoms with Crippen molar-refractivity contribution in [3.8, 4) is 11.5 Å². The van der Waals surface area contributed by atoms with Crippen molar-refractivity contribution in [2.45, 2.75) is 59.0 Å². The third kappa shape index (κ3) is 8.22. The molecule has 10 nitrogen and oxygen atoms in total. The SMILES string of the molecule is CCCCN(C(=O)NC1CCN(Cc2ccc(Oc3ccc(NS(C)(=O)=O)cc3)cc2)CC1)c1c(C)noc1C. The number of carbonyl (C=O) groups is 1. The smallest absolute Gasteiger partial charge is 0.322 e. The summed E-state index contributed by atoms with van der Waals surface area (Å²) in [5, 5.41) is 7.27. The Labute approximate surface area is 236 Å². The molecule has 2 N–H and O–H groups in total. The quantitative estimate of drug-likeness (QED) is 0.316. The summed E-state index contributed by atoms with van der Waals surface area (Å²) in [5.41, 5.74) is 3.18. The lowest BCUT2D eigenvalue weighted by molar-refractivity contribution is 0.188. The fourth-order valence-electron chi connectivity index (χ4n) is 4.84. The van der Waals surface area contributed by atoms with Crippen molar-refractivity contribution >= 4 is 27.4 Å². The lowest BCUT2D eigenvalue weighted by Crippen LogP contribution is -2.49. The van der Waals surface area contributed by atoms with Gasteiger partial charge in [-0.3, -0.25) is 14.5 Å². The summed E-state index contributed by atoms with van der Waals surface area (Å²) in [6, 6.07) is 14.8. The van der Waals surface area contributed by atoms with E-state index in [1.807, 2.05) is 26.0 Å². The summed E-state index contributed by atoms with van der Waals surface area (Å²) in [4.78, 5) is 17.4. The predicted molar refractivity (Wildman–Crippen MR) is 156 cm³/mol. The van der Waals surface area contributed by atoms with Crippen LogP contribution in [0.4, 0.5) is 16.2 Å². The number of carbonyl (C=O) groups excluding carboxylic acids is 1. The van der Waals surface area contributed by atoms with E-state index in [2.05, 4.69) is 39.2 Å². The maximum absolute atomic E-state index is 13.2. The normalized spacial score (nSPS) is 14.6. The number of unbranched alkanes of at least 4 members (excludes halogenated alkanes) is 1. The summed E-state index contributed by atoms with van der Waals surface area (Å²) in [6.45, 7) is 9.09. The maximum Gasteiger partial charge on any atom is 0.322 e. The molecule has 1 fully saturated rings. The van der Waals surface area contributed by atoms with Crippen molar-refractivity contribution in [3.05, 3.63) is 65.5 Å². The van der Waals surface area contributed by atoms with E-state index in [-0.39, 0.29) is 12.1 Å². The first-order chi connectivity index (χ1) is 19.1. The first-order valence-electron chi connectivity index (χ1n) is 13.7. The van der Waals surface area contributed by atoms with E-state index in [1.54, 1.807) is 29.2 Å². The van der Waals surface area contributed by atoms with Crippen LogP contribution in [-0.4, -0.2) is 56.4 Å². The molecule has 1 aliphatic rings. The minimum Gasteiger partial charge on any atom is -0.457 e. The van der Waals surface area contributed by atoms with Crippen LogP contribution in [0.15, 0.2) is 53.1 Å². The van der Waals surface area contributed by atoms with Crippen LogP contribution in [-0.2, 0) is 16.6 Å². The number of piperidine rings is 1. The first kappa shape index (κ1) is 29.4. The molecule has 1 aromatic heterocycles. The number of aromatic nitrogens is 1. The van der Waals surface area contributed by atoms with Crippen molar-refractivity contribution < 1.29 is 22.5 Å². The van der Waals surface area contributed by atoms with Gasteiger partial charge in [-0.25, -0.2) is 13.2 Å². The summed E-state index contributed by atoms with van der Waals surface area (Å²) in [7, 11) is -3.31. The Kier molecular flexibility index (Phi) is 9.70. The molecule has 216 valence electrons. The number of ether oxygens (including phenoxy) is 1. The number of rotatable bonds is 11. The third-order valence-electron chi connectivity index (χ3n) is 6.88. The van der Waals surface area contributed by atoms with Crippen molar-refractivity contribution in [2.75, 3.05) is 35.5 Å². The molecule has 11 heteroatoms. The Balaban J connectivity index is 1.25. The predicted octanol–water partition coefficient (Wildman–Crippen LogP) is 5.44. The van der Waals surface area contributed by atoms with E-state index >= 15 is 0 Å². The Hall–Kier alpha value is -3.57. The first-order valence-corrected chi connectivity index (χ1v) is 15.6. The monoisotopic (exact) mass is 569 g/mol. The number of aryl methyl sites for hydroxylation is 2. The molecule has 0 saturated carbocycles. The average Bonchev–Trinajstić information content (AvgIpc) is 3.24. The van der Waals surface area contributed by atoms with Gasteiger partial charge in [-0.1, -0.05) is 30.6 Å². The van der Waals surface area contributed by atoms with E-state index in [0.717, 1.165) is 63.0 Å². The van der Waals surface area contributed by atoms with Crippen LogP contribution in [0.5, 0.6) is 11.5 Å². The number of amides is 2. The van der Waals surface area contributed by atoms with Crippen molar-refractivity contribution in [1.29, 1.82) is 0 Å². The van der Waals surface area contributed by atoms with Crippen LogP contribution < -0.4 is 19.7 Å². The van der Waals surface area contributed by atoms with E-state index < -0.39 is 10.0 Å². The fourth-order valence-corrected chi connectivity index (χ4v) is 5.41. The Morgan fingerprint density at radius 2 is 1.70 bits per heavy atom. The van der Waals surface area contributed by atoms with Gasteiger partial charge in [0.2, 0.25) is 10.0 Å². The molecule has 0 spiro atoms. The van der Waals surface area contributed by atoms with Gasteiger partial charge in [0.1, 0.15) is 22.9 Å². The molecule has 1 aliphatic heterocycles. The molecular weight excluding hydrogens is 530 g/mol. The largest absolute Gasteiger partial charge is 0.457 e. The molecule has 2 aromatic carbocycles. The highest BCUT2D eigenvalue weighted by atomic mass is 32.2. The average molecular weight is 570 g/mol. The van der Waals surface area contributed by atoms with Gasteiger partial charge in [0.25, 0.3) is 0 Å². The number of likely N-dealkylation sites (tertiary alicyclic amines) is 1. The topological polar surface area (TPSA) is 117 Å². The van der Waals surface area contributed by atoms with Gasteiger partial charge < -0.3 is 14.6 Å². The molecule has 0 radical (unpaired) electrons. The standard InChI is InChI=1S/C29H39N5O5S/c1-5-6-17-34(28-21(2)31-39-22(28)3)29(35)30-24-15-18-33(19-16-24)20-23-7-11-26(12-8-23)38-27-13-9-25(10-14-27)32-40(4,36)37/h7-14,24,32H,5-6,15-20H2,1-4H3,(H,30,35). The molecule has 0 atom stereocenters. The van der Waals surface area contributed by atoms with Gasteiger partial charge in [0.05, 0.1) is 6.26 Å². The summed E-state index contributed by atoms with van der Waals surface area (Å²) >= 11 is 0. The van der Waals surface area contributed by atoms with Crippen LogP contribution in [0, 0.1) is 13.8 Å². The van der Waals surface area contributed by atoms with E-state index in [0.29, 0.717) is 29.5 Å². The molecule has 0 bridgehead atoms. The number of hydrogen-bond acceptors (Lipinski definition) is 7. The number of nitrogens with one attached hydrogen (secondary N) is 2. The summed E-state index contributed by atoms with van der Waals surface area (Å²) < 4.78 is 36.4. The van der Waals surface area contributed by atoms with Crippen molar-refractivity contribution in [3.63, 3.8) is 0 Å². The van der Waals surface area contributed by atoms with Gasteiger partial charge in [-0.2, -0.15) is 0 Å². The minimum atomic E-state index is -3.31. The number of anilines is 2. The molecule has 2 amide bonds. The lowest BCUT2D eigenvalue weighted by atomic mass is 10.0. The second kappa shape index (κ2) is 13.2. The van der Waals surface area contributed by atoms with Gasteiger partial charge in [-0.05, 0) is 75.1 Å². The molecule has 40 heavy (non-hydrogen) atoms. The second-order valence-corrected chi connectivity index (χ2v) is 12.1. The maximum atomic E-state index is 13.2. The summed E-state index contributed by atoms with van der Waals surface area (Å²) in [6.07, 6.45) is 4.80. The van der Waals surface area contributed by atoms with Crippen LogP contribution in [0.2, 0.25) is 0 Å². The zero-order chi connectivity index (χ0) is 28.7. The number of sulfonamides is 1. The van der Waals surface area contributed by atoms with E-state index in [1.165, 1.54) is 5.56 Å². The lowest BCUT2D eigenvalue weighted by Gasteiger charge is -2.33. The molecule has 0 unspecified atom stereocenters. The fraction of sp³-hybridized carbons (Fsp3) is 0.448. The molecule has 4 rings (SSSR count). The second-order valence-electron chi connectivity index (χ2n) is 10.3. The molecule has 0 aliphatic carbocycles. The van der Waals surface area contributed by atoms with E-state index in [9.17, 15) is 13.2 Å². The number of nitrogens with zero attached hydrogens (tertiary/aromatic N) is 3. The molecule has 2 heterocycles. The number of benzene rings is 2. The molecule has 1 saturated heterocycles. The Morgan fingerprint density at radius 1 is 1.07 bits per heavy atom. The van der Waals surface area contributed by atoms with E-state index in [4.69, 9.17) is 9.26 Å². The van der Waals surface area contributed by atoms with Crippen LogP contribution in [0.1, 0.15) is 49.6 Å². The highest BCUT2D eigenvalue weighted by Crippen LogP contribution is 2.26.